The summed E-state index contributed by atoms with van der Waals surface area (Å²) in [6.45, 7) is 7.46. The van der Waals surface area contributed by atoms with Crippen LogP contribution < -0.4 is 5.32 Å². The molecule has 0 bridgehead atoms. The molecule has 2 N–H and O–H groups in total. The molecule has 1 aliphatic rings. The van der Waals surface area contributed by atoms with E-state index in [9.17, 15) is 14.4 Å². The minimum absolute atomic E-state index is 0.211. The highest BCUT2D eigenvalue weighted by atomic mass is 16.6. The second kappa shape index (κ2) is 7.12. The Morgan fingerprint density at radius 2 is 2.08 bits per heavy atom. The maximum Gasteiger partial charge on any atom is 0.408 e. The Kier molecular flexibility index (Phi) is 5.34. The highest BCUT2D eigenvalue weighted by molar-refractivity contribution is 5.85. The monoisotopic (exact) mass is 352 g/mol. The largest absolute Gasteiger partial charge is 0.480 e. The molecule has 1 atom stereocenters. The molecule has 2 rings (SSSR count). The number of aromatic nitrogens is 2. The molecule has 0 aromatic carbocycles. The van der Waals surface area contributed by atoms with Crippen molar-refractivity contribution in [3.8, 4) is 0 Å². The van der Waals surface area contributed by atoms with Gasteiger partial charge in [-0.1, -0.05) is 0 Å². The zero-order valence-corrected chi connectivity index (χ0v) is 14.9. The third-order valence-electron chi connectivity index (χ3n) is 3.62. The minimum atomic E-state index is -0.969. The lowest BCUT2D eigenvalue weighted by molar-refractivity contribution is -0.138. The van der Waals surface area contributed by atoms with Crippen molar-refractivity contribution in [3.05, 3.63) is 17.5 Å². The number of hydrogen-bond acceptors (Lipinski definition) is 5. The van der Waals surface area contributed by atoms with Crippen LogP contribution in [0, 0.1) is 0 Å². The highest BCUT2D eigenvalue weighted by Gasteiger charge is 2.28. The topological polar surface area (TPSA) is 114 Å². The van der Waals surface area contributed by atoms with E-state index in [2.05, 4.69) is 10.4 Å². The number of ether oxygens (including phenoxy) is 1. The molecule has 9 nitrogen and oxygen atoms in total. The van der Waals surface area contributed by atoms with Crippen molar-refractivity contribution in [2.45, 2.75) is 58.8 Å². The molecule has 1 aliphatic heterocycles. The van der Waals surface area contributed by atoms with Gasteiger partial charge in [-0.3, -0.25) is 14.3 Å². The quantitative estimate of drug-likeness (QED) is 0.827. The van der Waals surface area contributed by atoms with E-state index in [1.54, 1.807) is 38.8 Å². The van der Waals surface area contributed by atoms with Crippen LogP contribution in [0.3, 0.4) is 0 Å². The van der Waals surface area contributed by atoms with Gasteiger partial charge in [-0.25, -0.2) is 4.79 Å². The van der Waals surface area contributed by atoms with E-state index >= 15 is 0 Å². The lowest BCUT2D eigenvalue weighted by Gasteiger charge is -2.29. The van der Waals surface area contributed by atoms with Gasteiger partial charge in [0.25, 0.3) is 0 Å². The number of carboxylic acids is 1. The molecule has 1 aromatic heterocycles. The number of nitrogens with zero attached hydrogens (tertiary/aromatic N) is 3. The Morgan fingerprint density at radius 3 is 2.68 bits per heavy atom. The molecule has 0 fully saturated rings. The van der Waals surface area contributed by atoms with Crippen LogP contribution in [0.2, 0.25) is 0 Å². The molecular weight excluding hydrogens is 328 g/mol. The third kappa shape index (κ3) is 5.20. The number of rotatable bonds is 4. The average molecular weight is 352 g/mol. The fourth-order valence-corrected chi connectivity index (χ4v) is 2.60. The van der Waals surface area contributed by atoms with Gasteiger partial charge in [0.1, 0.15) is 18.2 Å². The molecule has 0 aliphatic carbocycles. The van der Waals surface area contributed by atoms with Crippen LogP contribution in [-0.4, -0.2) is 55.9 Å². The molecule has 9 heteroatoms. The van der Waals surface area contributed by atoms with Gasteiger partial charge in [-0.15, -0.1) is 0 Å². The molecule has 1 aromatic rings. The van der Waals surface area contributed by atoms with Crippen LogP contribution in [0.15, 0.2) is 6.20 Å². The number of nitrogens with one attached hydrogen (secondary N) is 1. The highest BCUT2D eigenvalue weighted by Crippen LogP contribution is 2.18. The van der Waals surface area contributed by atoms with Crippen molar-refractivity contribution in [2.24, 2.45) is 0 Å². The van der Waals surface area contributed by atoms with Gasteiger partial charge in [0, 0.05) is 31.3 Å². The Labute approximate surface area is 145 Å². The van der Waals surface area contributed by atoms with Gasteiger partial charge in [-0.05, 0) is 27.7 Å². The van der Waals surface area contributed by atoms with E-state index in [1.807, 2.05) is 0 Å². The van der Waals surface area contributed by atoms with E-state index in [4.69, 9.17) is 9.84 Å². The summed E-state index contributed by atoms with van der Waals surface area (Å²) in [5.41, 5.74) is 0.995. The van der Waals surface area contributed by atoms with Crippen LogP contribution in [0.25, 0.3) is 0 Å². The molecule has 0 radical (unpaired) electrons. The zero-order chi connectivity index (χ0) is 18.8. The van der Waals surface area contributed by atoms with Crippen LogP contribution in [0.5, 0.6) is 0 Å². The van der Waals surface area contributed by atoms with Crippen LogP contribution in [0.1, 0.15) is 39.0 Å². The van der Waals surface area contributed by atoms with Gasteiger partial charge in [-0.2, -0.15) is 5.10 Å². The molecule has 0 unspecified atom stereocenters. The minimum Gasteiger partial charge on any atom is -0.480 e. The smallest absolute Gasteiger partial charge is 0.408 e. The molecule has 2 amide bonds. The predicted molar refractivity (Wildman–Crippen MR) is 87.8 cm³/mol. The zero-order valence-electron chi connectivity index (χ0n) is 14.9. The molecule has 2 heterocycles. The summed E-state index contributed by atoms with van der Waals surface area (Å²) in [7, 11) is 0. The number of fused-ring (bicyclic) bond motifs is 1. The van der Waals surface area contributed by atoms with Gasteiger partial charge in [0.2, 0.25) is 5.91 Å². The van der Waals surface area contributed by atoms with Crippen molar-refractivity contribution >= 4 is 18.0 Å². The number of aliphatic carboxylic acids is 1. The van der Waals surface area contributed by atoms with E-state index in [1.165, 1.54) is 4.68 Å². The predicted octanol–water partition coefficient (Wildman–Crippen LogP) is 0.766. The van der Waals surface area contributed by atoms with Crippen molar-refractivity contribution in [3.63, 3.8) is 0 Å². The molecule has 0 saturated heterocycles. The van der Waals surface area contributed by atoms with Crippen molar-refractivity contribution < 1.29 is 24.2 Å². The molecule has 138 valence electrons. The summed E-state index contributed by atoms with van der Waals surface area (Å²) in [4.78, 5) is 36.7. The summed E-state index contributed by atoms with van der Waals surface area (Å²) in [5, 5.41) is 15.6. The first-order valence-corrected chi connectivity index (χ1v) is 8.10. The number of alkyl carbamates (subject to hydrolysis) is 1. The van der Waals surface area contributed by atoms with Gasteiger partial charge < -0.3 is 20.1 Å². The van der Waals surface area contributed by atoms with Crippen LogP contribution >= 0.6 is 0 Å². The maximum atomic E-state index is 12.5. The summed E-state index contributed by atoms with van der Waals surface area (Å²) >= 11 is 0. The average Bonchev–Trinajstić information content (AvgIpc) is 2.84. The normalized spacial score (nSPS) is 15.3. The molecule has 0 spiro atoms. The van der Waals surface area contributed by atoms with Gasteiger partial charge >= 0.3 is 12.1 Å². The SMILES string of the molecule is C[C@H](NC(=O)OC(C)(C)C)C(=O)N1CCc2nn(CC(=O)O)cc2C1. The standard InChI is InChI=1S/C16H24N4O5/c1-10(17-15(24)25-16(2,3)4)14(23)19-6-5-12-11(7-19)8-20(18-12)9-13(21)22/h8,10H,5-7,9H2,1-4H3,(H,17,24)(H,21,22)/t10-/m0/s1. The molecule has 25 heavy (non-hydrogen) atoms. The summed E-state index contributed by atoms with van der Waals surface area (Å²) in [6, 6.07) is -0.717. The molecular formula is C16H24N4O5. The first kappa shape index (κ1) is 18.8. The maximum absolute atomic E-state index is 12.5. The Bertz CT molecular complexity index is 677. The van der Waals surface area contributed by atoms with E-state index in [-0.39, 0.29) is 12.5 Å². The number of carbonyl (C=O) groups excluding carboxylic acids is 2. The fourth-order valence-electron chi connectivity index (χ4n) is 2.60. The summed E-state index contributed by atoms with van der Waals surface area (Å²) in [6.07, 6.45) is 1.56. The van der Waals surface area contributed by atoms with Crippen LogP contribution in [0.4, 0.5) is 4.79 Å². The van der Waals surface area contributed by atoms with E-state index in [0.29, 0.717) is 19.5 Å². The number of hydrogen-bond donors (Lipinski definition) is 2. The lowest BCUT2D eigenvalue weighted by atomic mass is 10.1. The van der Waals surface area contributed by atoms with Crippen molar-refractivity contribution in [1.82, 2.24) is 20.0 Å². The van der Waals surface area contributed by atoms with E-state index in [0.717, 1.165) is 11.3 Å². The van der Waals surface area contributed by atoms with Crippen molar-refractivity contribution in [1.29, 1.82) is 0 Å². The van der Waals surface area contributed by atoms with Crippen LogP contribution in [-0.2, 0) is 33.8 Å². The number of carbonyl (C=O) groups is 3. The summed E-state index contributed by atoms with van der Waals surface area (Å²) < 4.78 is 6.52. The number of amides is 2. The number of carboxylic acid groups (broad SMARTS) is 1. The van der Waals surface area contributed by atoms with Gasteiger partial charge in [0.05, 0.1) is 5.69 Å². The fraction of sp³-hybridized carbons (Fsp3) is 0.625. The third-order valence-corrected chi connectivity index (χ3v) is 3.62. The second-order valence-corrected chi connectivity index (χ2v) is 7.07. The lowest BCUT2D eigenvalue weighted by Crippen LogP contribution is -2.49. The van der Waals surface area contributed by atoms with Crippen molar-refractivity contribution in [2.75, 3.05) is 6.54 Å². The Morgan fingerprint density at radius 1 is 1.40 bits per heavy atom. The molecule has 0 saturated carbocycles. The second-order valence-electron chi connectivity index (χ2n) is 7.07. The van der Waals surface area contributed by atoms with Gasteiger partial charge in [0.15, 0.2) is 0 Å². The first-order valence-electron chi connectivity index (χ1n) is 8.10. The van der Waals surface area contributed by atoms with E-state index < -0.39 is 23.7 Å². The Balaban J connectivity index is 1.96. The first-order chi connectivity index (χ1) is 11.5. The summed E-state index contributed by atoms with van der Waals surface area (Å²) in [5.74, 6) is -1.19. The Hall–Kier alpha value is -2.58.